The van der Waals surface area contributed by atoms with Gasteiger partial charge in [0.15, 0.2) is 0 Å². The first-order chi connectivity index (χ1) is 6.21. The van der Waals surface area contributed by atoms with Gasteiger partial charge in [0.2, 0.25) is 5.91 Å². The highest BCUT2D eigenvalue weighted by atomic mass is 16.3. The minimum atomic E-state index is -1.00. The summed E-state index contributed by atoms with van der Waals surface area (Å²) < 4.78 is 0. The Labute approximate surface area is 76.4 Å². The third-order valence-corrected chi connectivity index (χ3v) is 2.34. The summed E-state index contributed by atoms with van der Waals surface area (Å²) in [5.74, 6) is -0.0913. The fourth-order valence-electron chi connectivity index (χ4n) is 1.59. The monoisotopic (exact) mass is 177 g/mol. The number of amides is 1. The molecule has 1 atom stereocenters. The Hall–Kier alpha value is -1.35. The molecular formula is C10H11NO2. The maximum Gasteiger partial charge on any atom is 0.223 e. The van der Waals surface area contributed by atoms with E-state index in [9.17, 15) is 9.90 Å². The van der Waals surface area contributed by atoms with E-state index in [-0.39, 0.29) is 12.3 Å². The Bertz CT molecular complexity index is 323. The van der Waals surface area contributed by atoms with Gasteiger partial charge in [-0.1, -0.05) is 30.3 Å². The second kappa shape index (κ2) is 2.85. The van der Waals surface area contributed by atoms with E-state index in [0.717, 1.165) is 5.56 Å². The molecule has 1 aromatic carbocycles. The highest BCUT2D eigenvalue weighted by Crippen LogP contribution is 2.27. The van der Waals surface area contributed by atoms with Crippen LogP contribution in [0.3, 0.4) is 0 Å². The molecule has 13 heavy (non-hydrogen) atoms. The van der Waals surface area contributed by atoms with Crippen LogP contribution >= 0.6 is 0 Å². The lowest BCUT2D eigenvalue weighted by atomic mass is 9.93. The number of aliphatic hydroxyl groups is 1. The Morgan fingerprint density at radius 3 is 2.54 bits per heavy atom. The van der Waals surface area contributed by atoms with E-state index in [4.69, 9.17) is 0 Å². The molecule has 0 aromatic heterocycles. The average Bonchev–Trinajstić information content (AvgIpc) is 2.49. The number of hydrogen-bond acceptors (Lipinski definition) is 2. The molecule has 1 unspecified atom stereocenters. The van der Waals surface area contributed by atoms with Crippen molar-refractivity contribution in [2.75, 3.05) is 6.54 Å². The molecule has 0 bridgehead atoms. The molecule has 3 heteroatoms. The van der Waals surface area contributed by atoms with E-state index in [1.165, 1.54) is 0 Å². The average molecular weight is 177 g/mol. The fraction of sp³-hybridized carbons (Fsp3) is 0.300. The zero-order valence-corrected chi connectivity index (χ0v) is 7.16. The quantitative estimate of drug-likeness (QED) is 0.652. The molecular weight excluding hydrogens is 166 g/mol. The minimum absolute atomic E-state index is 0.0913. The lowest BCUT2D eigenvalue weighted by Gasteiger charge is -2.20. The summed E-state index contributed by atoms with van der Waals surface area (Å²) in [5, 5.41) is 12.7. The molecule has 2 rings (SSSR count). The number of rotatable bonds is 1. The van der Waals surface area contributed by atoms with Crippen molar-refractivity contribution in [3.8, 4) is 0 Å². The first-order valence-electron chi connectivity index (χ1n) is 4.25. The molecule has 0 spiro atoms. The third kappa shape index (κ3) is 1.42. The summed E-state index contributed by atoms with van der Waals surface area (Å²) in [4.78, 5) is 11.0. The number of β-amino-alcohol motifs (C(OH)–C–C–N with tert-alkyl or cyclic N) is 1. The highest BCUT2D eigenvalue weighted by molar-refractivity contribution is 5.80. The maximum atomic E-state index is 11.0. The van der Waals surface area contributed by atoms with Gasteiger partial charge < -0.3 is 10.4 Å². The molecule has 0 saturated carbocycles. The van der Waals surface area contributed by atoms with Crippen LogP contribution in [0.25, 0.3) is 0 Å². The lowest BCUT2D eigenvalue weighted by molar-refractivity contribution is -0.120. The van der Waals surface area contributed by atoms with Crippen molar-refractivity contribution in [2.45, 2.75) is 12.0 Å². The fourth-order valence-corrected chi connectivity index (χ4v) is 1.59. The van der Waals surface area contributed by atoms with Crippen molar-refractivity contribution in [3.63, 3.8) is 0 Å². The Balaban J connectivity index is 2.31. The van der Waals surface area contributed by atoms with Gasteiger partial charge in [-0.05, 0) is 5.56 Å². The lowest BCUT2D eigenvalue weighted by Crippen LogP contribution is -2.28. The van der Waals surface area contributed by atoms with E-state index < -0.39 is 5.60 Å². The summed E-state index contributed by atoms with van der Waals surface area (Å²) in [6, 6.07) is 9.27. The van der Waals surface area contributed by atoms with E-state index >= 15 is 0 Å². The zero-order valence-electron chi connectivity index (χ0n) is 7.16. The Morgan fingerprint density at radius 1 is 1.31 bits per heavy atom. The van der Waals surface area contributed by atoms with Crippen molar-refractivity contribution in [2.24, 2.45) is 0 Å². The number of carbonyl (C=O) groups is 1. The van der Waals surface area contributed by atoms with Gasteiger partial charge in [0.05, 0.1) is 13.0 Å². The van der Waals surface area contributed by atoms with Crippen LogP contribution in [0, 0.1) is 0 Å². The first kappa shape index (κ1) is 8.26. The molecule has 1 fully saturated rings. The van der Waals surface area contributed by atoms with Gasteiger partial charge in [-0.25, -0.2) is 0 Å². The molecule has 1 saturated heterocycles. The van der Waals surface area contributed by atoms with Crippen LogP contribution in [-0.4, -0.2) is 17.6 Å². The van der Waals surface area contributed by atoms with Crippen molar-refractivity contribution in [1.82, 2.24) is 5.32 Å². The second-order valence-electron chi connectivity index (χ2n) is 3.35. The van der Waals surface area contributed by atoms with Crippen LogP contribution in [0.1, 0.15) is 12.0 Å². The van der Waals surface area contributed by atoms with Gasteiger partial charge in [-0.3, -0.25) is 4.79 Å². The number of carbonyl (C=O) groups excluding carboxylic acids is 1. The van der Waals surface area contributed by atoms with Gasteiger partial charge in [-0.15, -0.1) is 0 Å². The van der Waals surface area contributed by atoms with Gasteiger partial charge in [0, 0.05) is 0 Å². The molecule has 0 radical (unpaired) electrons. The zero-order chi connectivity index (χ0) is 9.31. The van der Waals surface area contributed by atoms with E-state index in [1.807, 2.05) is 30.3 Å². The van der Waals surface area contributed by atoms with Crippen LogP contribution in [-0.2, 0) is 10.4 Å². The normalized spacial score (nSPS) is 27.3. The van der Waals surface area contributed by atoms with Gasteiger partial charge in [-0.2, -0.15) is 0 Å². The third-order valence-electron chi connectivity index (χ3n) is 2.34. The molecule has 68 valence electrons. The molecule has 1 aliphatic rings. The molecule has 2 N–H and O–H groups in total. The van der Waals surface area contributed by atoms with Gasteiger partial charge in [0.25, 0.3) is 0 Å². The standard InChI is InChI=1S/C10H11NO2/c12-9-6-10(13,7-11-9)8-4-2-1-3-5-8/h1-5,13H,6-7H2,(H,11,12). The summed E-state index contributed by atoms with van der Waals surface area (Å²) in [6.07, 6.45) is 0.164. The number of nitrogens with one attached hydrogen (secondary N) is 1. The number of hydrogen-bond donors (Lipinski definition) is 2. The SMILES string of the molecule is O=C1CC(O)(c2ccccc2)CN1. The molecule has 1 amide bonds. The predicted molar refractivity (Wildman–Crippen MR) is 48.0 cm³/mol. The Kier molecular flexibility index (Phi) is 1.81. The summed E-state index contributed by atoms with van der Waals surface area (Å²) in [5.41, 5.74) is -0.202. The molecule has 1 aromatic rings. The largest absolute Gasteiger partial charge is 0.383 e. The molecule has 0 aliphatic carbocycles. The number of benzene rings is 1. The van der Waals surface area contributed by atoms with Crippen molar-refractivity contribution >= 4 is 5.91 Å². The highest BCUT2D eigenvalue weighted by Gasteiger charge is 2.37. The minimum Gasteiger partial charge on any atom is -0.383 e. The van der Waals surface area contributed by atoms with Crippen LogP contribution in [0.4, 0.5) is 0 Å². The molecule has 1 aliphatic heterocycles. The molecule has 1 heterocycles. The Morgan fingerprint density at radius 2 is 2.00 bits per heavy atom. The first-order valence-corrected chi connectivity index (χ1v) is 4.25. The van der Waals surface area contributed by atoms with Crippen LogP contribution in [0.5, 0.6) is 0 Å². The van der Waals surface area contributed by atoms with Gasteiger partial charge >= 0.3 is 0 Å². The second-order valence-corrected chi connectivity index (χ2v) is 3.35. The predicted octanol–water partition coefficient (Wildman–Crippen LogP) is 0.394. The molecule has 3 nitrogen and oxygen atoms in total. The van der Waals surface area contributed by atoms with Crippen LogP contribution < -0.4 is 5.32 Å². The van der Waals surface area contributed by atoms with Crippen molar-refractivity contribution in [1.29, 1.82) is 0 Å². The van der Waals surface area contributed by atoms with E-state index in [0.29, 0.717) is 6.54 Å². The topological polar surface area (TPSA) is 49.3 Å². The van der Waals surface area contributed by atoms with Crippen molar-refractivity contribution < 1.29 is 9.90 Å². The van der Waals surface area contributed by atoms with E-state index in [2.05, 4.69) is 5.32 Å². The van der Waals surface area contributed by atoms with Gasteiger partial charge in [0.1, 0.15) is 5.60 Å². The van der Waals surface area contributed by atoms with Crippen molar-refractivity contribution in [3.05, 3.63) is 35.9 Å². The smallest absolute Gasteiger partial charge is 0.223 e. The summed E-state index contributed by atoms with van der Waals surface area (Å²) >= 11 is 0. The maximum absolute atomic E-state index is 11.0. The van der Waals surface area contributed by atoms with Crippen LogP contribution in [0.15, 0.2) is 30.3 Å². The summed E-state index contributed by atoms with van der Waals surface area (Å²) in [7, 11) is 0. The van der Waals surface area contributed by atoms with Crippen LogP contribution in [0.2, 0.25) is 0 Å². The van der Waals surface area contributed by atoms with E-state index in [1.54, 1.807) is 0 Å². The summed E-state index contributed by atoms with van der Waals surface area (Å²) in [6.45, 7) is 0.315.